The van der Waals surface area contributed by atoms with Crippen molar-refractivity contribution in [1.82, 2.24) is 9.80 Å². The van der Waals surface area contributed by atoms with Crippen LogP contribution in [0, 0.1) is 11.8 Å². The number of aliphatic hydroxyl groups excluding tert-OH is 1. The normalized spacial score (nSPS) is 33.3. The number of carbonyl (C=O) groups is 2. The summed E-state index contributed by atoms with van der Waals surface area (Å²) in [6.45, 7) is 1.32. The summed E-state index contributed by atoms with van der Waals surface area (Å²) in [6.07, 6.45) is 6.42. The Kier molecular flexibility index (Phi) is 4.20. The Morgan fingerprint density at radius 2 is 2.00 bits per heavy atom. The Hall–Kier alpha value is -1.10. The number of carbonyl (C=O) groups excluding carboxylic acids is 2. The van der Waals surface area contributed by atoms with E-state index in [9.17, 15) is 14.7 Å². The summed E-state index contributed by atoms with van der Waals surface area (Å²) < 4.78 is 0. The van der Waals surface area contributed by atoms with Gasteiger partial charge in [0.15, 0.2) is 0 Å². The lowest BCUT2D eigenvalue weighted by molar-refractivity contribution is -0.136. The van der Waals surface area contributed by atoms with E-state index < -0.39 is 0 Å². The van der Waals surface area contributed by atoms with Crippen LogP contribution < -0.4 is 0 Å². The van der Waals surface area contributed by atoms with Crippen LogP contribution in [0.3, 0.4) is 0 Å². The van der Waals surface area contributed by atoms with Crippen molar-refractivity contribution in [1.29, 1.82) is 0 Å². The quantitative estimate of drug-likeness (QED) is 0.841. The molecule has 2 saturated carbocycles. The summed E-state index contributed by atoms with van der Waals surface area (Å²) in [4.78, 5) is 28.4. The first-order valence-corrected chi connectivity index (χ1v) is 8.27. The maximum atomic E-state index is 12.5. The van der Waals surface area contributed by atoms with Crippen molar-refractivity contribution in [3.8, 4) is 0 Å². The lowest BCUT2D eigenvalue weighted by Gasteiger charge is -2.35. The SMILES string of the molecule is CN(CC1CC(O)C1)C(=O)C1CC(=O)N(C2CCCC2)C1. The molecule has 5 heteroatoms. The fraction of sp³-hybridized carbons (Fsp3) is 0.875. The van der Waals surface area contributed by atoms with E-state index in [0.29, 0.717) is 31.5 Å². The number of likely N-dealkylation sites (tertiary alicyclic amines) is 1. The second kappa shape index (κ2) is 5.95. The van der Waals surface area contributed by atoms with E-state index in [0.717, 1.165) is 25.7 Å². The molecular weight excluding hydrogens is 268 g/mol. The molecule has 0 aromatic rings. The predicted molar refractivity (Wildman–Crippen MR) is 78.4 cm³/mol. The molecule has 0 aromatic carbocycles. The molecule has 1 atom stereocenters. The third-order valence-electron chi connectivity index (χ3n) is 5.39. The van der Waals surface area contributed by atoms with Crippen LogP contribution in [0.5, 0.6) is 0 Å². The van der Waals surface area contributed by atoms with Crippen LogP contribution in [0.1, 0.15) is 44.9 Å². The highest BCUT2D eigenvalue weighted by atomic mass is 16.3. The van der Waals surface area contributed by atoms with Gasteiger partial charge in [-0.1, -0.05) is 12.8 Å². The van der Waals surface area contributed by atoms with Gasteiger partial charge in [-0.25, -0.2) is 0 Å². The van der Waals surface area contributed by atoms with Crippen molar-refractivity contribution >= 4 is 11.8 Å². The van der Waals surface area contributed by atoms with Crippen molar-refractivity contribution < 1.29 is 14.7 Å². The van der Waals surface area contributed by atoms with Crippen molar-refractivity contribution in [2.45, 2.75) is 57.1 Å². The van der Waals surface area contributed by atoms with Gasteiger partial charge in [0, 0.05) is 32.6 Å². The maximum Gasteiger partial charge on any atom is 0.227 e. The number of rotatable bonds is 4. The third kappa shape index (κ3) is 3.07. The van der Waals surface area contributed by atoms with Gasteiger partial charge in [0.1, 0.15) is 0 Å². The molecule has 5 nitrogen and oxygen atoms in total. The number of hydrogen-bond acceptors (Lipinski definition) is 3. The average molecular weight is 294 g/mol. The van der Waals surface area contributed by atoms with E-state index in [1.165, 1.54) is 12.8 Å². The number of nitrogens with zero attached hydrogens (tertiary/aromatic N) is 2. The minimum atomic E-state index is -0.176. The van der Waals surface area contributed by atoms with Crippen LogP contribution in [0.4, 0.5) is 0 Å². The van der Waals surface area contributed by atoms with E-state index >= 15 is 0 Å². The fourth-order valence-electron chi connectivity index (χ4n) is 4.10. The average Bonchev–Trinajstić information content (AvgIpc) is 3.04. The van der Waals surface area contributed by atoms with E-state index in [2.05, 4.69) is 0 Å². The number of amides is 2. The topological polar surface area (TPSA) is 60.9 Å². The van der Waals surface area contributed by atoms with Gasteiger partial charge >= 0.3 is 0 Å². The van der Waals surface area contributed by atoms with Crippen LogP contribution in [-0.2, 0) is 9.59 Å². The minimum Gasteiger partial charge on any atom is -0.393 e. The molecule has 0 aromatic heterocycles. The van der Waals surface area contributed by atoms with Crippen molar-refractivity contribution in [2.75, 3.05) is 20.1 Å². The molecule has 2 amide bonds. The highest BCUT2D eigenvalue weighted by Crippen LogP contribution is 2.31. The second-order valence-electron chi connectivity index (χ2n) is 7.10. The van der Waals surface area contributed by atoms with Gasteiger partial charge in [0.2, 0.25) is 11.8 Å². The van der Waals surface area contributed by atoms with Crippen LogP contribution >= 0.6 is 0 Å². The smallest absolute Gasteiger partial charge is 0.227 e. The molecular formula is C16H26N2O3. The summed E-state index contributed by atoms with van der Waals surface area (Å²) in [7, 11) is 1.83. The van der Waals surface area contributed by atoms with Crippen molar-refractivity contribution in [2.24, 2.45) is 11.8 Å². The zero-order chi connectivity index (χ0) is 15.0. The summed E-state index contributed by atoms with van der Waals surface area (Å²) >= 11 is 0. The van der Waals surface area contributed by atoms with Crippen LogP contribution in [0.15, 0.2) is 0 Å². The van der Waals surface area contributed by atoms with Gasteiger partial charge in [-0.3, -0.25) is 9.59 Å². The first-order chi connectivity index (χ1) is 10.0. The van der Waals surface area contributed by atoms with Crippen molar-refractivity contribution in [3.05, 3.63) is 0 Å². The summed E-state index contributed by atoms with van der Waals surface area (Å²) in [5, 5.41) is 9.32. The molecule has 0 spiro atoms. The maximum absolute atomic E-state index is 12.5. The second-order valence-corrected chi connectivity index (χ2v) is 7.10. The molecule has 3 fully saturated rings. The molecule has 1 heterocycles. The van der Waals surface area contributed by atoms with Gasteiger partial charge in [0.25, 0.3) is 0 Å². The monoisotopic (exact) mass is 294 g/mol. The van der Waals surface area contributed by atoms with Gasteiger partial charge in [0.05, 0.1) is 12.0 Å². The Labute approximate surface area is 126 Å². The molecule has 1 N–H and O–H groups in total. The zero-order valence-electron chi connectivity index (χ0n) is 12.8. The van der Waals surface area contributed by atoms with Crippen LogP contribution in [0.2, 0.25) is 0 Å². The molecule has 1 aliphatic heterocycles. The van der Waals surface area contributed by atoms with E-state index in [-0.39, 0.29) is 23.8 Å². The highest BCUT2D eigenvalue weighted by molar-refractivity contribution is 5.89. The Morgan fingerprint density at radius 3 is 2.62 bits per heavy atom. The molecule has 1 saturated heterocycles. The predicted octanol–water partition coefficient (Wildman–Crippen LogP) is 1.01. The summed E-state index contributed by atoms with van der Waals surface area (Å²) in [5.74, 6) is 0.531. The molecule has 2 aliphatic carbocycles. The highest BCUT2D eigenvalue weighted by Gasteiger charge is 2.40. The number of aliphatic hydroxyl groups is 1. The first kappa shape index (κ1) is 14.8. The minimum absolute atomic E-state index is 0.102. The standard InChI is InChI=1S/C16H26N2O3/c1-17(9-11-6-14(19)7-11)16(21)12-8-15(20)18(10-12)13-4-2-3-5-13/h11-14,19H,2-10H2,1H3. The molecule has 21 heavy (non-hydrogen) atoms. The van der Waals surface area contributed by atoms with E-state index in [1.54, 1.807) is 4.90 Å². The summed E-state index contributed by atoms with van der Waals surface area (Å²) in [6, 6.07) is 0.377. The van der Waals surface area contributed by atoms with Gasteiger partial charge in [-0.05, 0) is 31.6 Å². The zero-order valence-corrected chi connectivity index (χ0v) is 12.8. The molecule has 0 radical (unpaired) electrons. The number of hydrogen-bond donors (Lipinski definition) is 1. The Morgan fingerprint density at radius 1 is 1.33 bits per heavy atom. The largest absolute Gasteiger partial charge is 0.393 e. The van der Waals surface area contributed by atoms with Crippen LogP contribution in [-0.4, -0.2) is 59.0 Å². The fourth-order valence-corrected chi connectivity index (χ4v) is 4.10. The lowest BCUT2D eigenvalue weighted by Crippen LogP contribution is -2.42. The summed E-state index contributed by atoms with van der Waals surface area (Å²) in [5.41, 5.74) is 0. The molecule has 3 rings (SSSR count). The van der Waals surface area contributed by atoms with Gasteiger partial charge < -0.3 is 14.9 Å². The third-order valence-corrected chi connectivity index (χ3v) is 5.39. The molecule has 1 unspecified atom stereocenters. The Bertz CT molecular complexity index is 414. The first-order valence-electron chi connectivity index (χ1n) is 8.27. The van der Waals surface area contributed by atoms with Gasteiger partial charge in [-0.2, -0.15) is 0 Å². The Balaban J connectivity index is 1.52. The van der Waals surface area contributed by atoms with Crippen LogP contribution in [0.25, 0.3) is 0 Å². The van der Waals surface area contributed by atoms with Crippen molar-refractivity contribution in [3.63, 3.8) is 0 Å². The molecule has 3 aliphatic rings. The lowest BCUT2D eigenvalue weighted by atomic mass is 9.82. The molecule has 118 valence electrons. The van der Waals surface area contributed by atoms with E-state index in [1.807, 2.05) is 11.9 Å². The van der Waals surface area contributed by atoms with Gasteiger partial charge in [-0.15, -0.1) is 0 Å². The van der Waals surface area contributed by atoms with E-state index in [4.69, 9.17) is 0 Å². The molecule has 0 bridgehead atoms.